The first kappa shape index (κ1) is 15.4. The van der Waals surface area contributed by atoms with E-state index in [1.54, 1.807) is 24.3 Å². The van der Waals surface area contributed by atoms with E-state index < -0.39 is 0 Å². The molecule has 3 rings (SSSR count). The standard InChI is InChI=1S/C16H13IN2O2S/c17-10-1-5-12(6-2-10)19-15(20)9-14(16(19)21)22-13-7-3-11(18)4-8-13/h1-8,14H,9,18H2/t14-/m1/s1. The van der Waals surface area contributed by atoms with Gasteiger partial charge in [0.15, 0.2) is 0 Å². The minimum absolute atomic E-state index is 0.154. The number of nitrogens with zero attached hydrogens (tertiary/aromatic N) is 1. The highest BCUT2D eigenvalue weighted by molar-refractivity contribution is 14.1. The molecule has 1 aliphatic rings. The van der Waals surface area contributed by atoms with E-state index in [0.29, 0.717) is 11.4 Å². The third-order valence-electron chi connectivity index (χ3n) is 3.35. The van der Waals surface area contributed by atoms with Gasteiger partial charge in [-0.3, -0.25) is 9.59 Å². The van der Waals surface area contributed by atoms with Crippen molar-refractivity contribution in [2.24, 2.45) is 0 Å². The SMILES string of the molecule is Nc1ccc(S[C@@H]2CC(=O)N(c3ccc(I)cc3)C2=O)cc1. The van der Waals surface area contributed by atoms with E-state index in [9.17, 15) is 9.59 Å². The van der Waals surface area contributed by atoms with E-state index >= 15 is 0 Å². The summed E-state index contributed by atoms with van der Waals surface area (Å²) in [6.07, 6.45) is 0.222. The fourth-order valence-electron chi connectivity index (χ4n) is 2.27. The van der Waals surface area contributed by atoms with Gasteiger partial charge in [0.2, 0.25) is 11.8 Å². The maximum absolute atomic E-state index is 12.5. The first-order valence-electron chi connectivity index (χ1n) is 6.69. The normalized spacial score (nSPS) is 18.0. The number of carbonyl (C=O) groups excluding carboxylic acids is 2. The Morgan fingerprint density at radius 3 is 2.32 bits per heavy atom. The van der Waals surface area contributed by atoms with Crippen LogP contribution >= 0.6 is 34.4 Å². The van der Waals surface area contributed by atoms with Gasteiger partial charge in [0, 0.05) is 20.6 Å². The number of thioether (sulfide) groups is 1. The largest absolute Gasteiger partial charge is 0.399 e. The van der Waals surface area contributed by atoms with Gasteiger partial charge in [-0.2, -0.15) is 0 Å². The molecule has 0 saturated carbocycles. The number of carbonyl (C=O) groups is 2. The van der Waals surface area contributed by atoms with E-state index in [1.807, 2.05) is 24.3 Å². The average Bonchev–Trinajstić information content (AvgIpc) is 2.77. The zero-order chi connectivity index (χ0) is 15.7. The van der Waals surface area contributed by atoms with Crippen LogP contribution in [0.25, 0.3) is 0 Å². The first-order valence-corrected chi connectivity index (χ1v) is 8.65. The van der Waals surface area contributed by atoms with Crippen molar-refractivity contribution in [3.63, 3.8) is 0 Å². The topological polar surface area (TPSA) is 63.4 Å². The molecule has 6 heteroatoms. The van der Waals surface area contributed by atoms with Gasteiger partial charge in [0.05, 0.1) is 10.9 Å². The predicted octanol–water partition coefficient (Wildman–Crippen LogP) is 3.30. The summed E-state index contributed by atoms with van der Waals surface area (Å²) in [6, 6.07) is 14.7. The number of rotatable bonds is 3. The molecule has 1 saturated heterocycles. The van der Waals surface area contributed by atoms with Gasteiger partial charge in [-0.25, -0.2) is 4.90 Å². The molecule has 1 heterocycles. The molecular weight excluding hydrogens is 411 g/mol. The Morgan fingerprint density at radius 1 is 1.05 bits per heavy atom. The maximum Gasteiger partial charge on any atom is 0.247 e. The molecule has 2 aromatic rings. The van der Waals surface area contributed by atoms with Gasteiger partial charge in [-0.15, -0.1) is 11.8 Å². The number of hydrogen-bond acceptors (Lipinski definition) is 4. The summed E-state index contributed by atoms with van der Waals surface area (Å²) in [6.45, 7) is 0. The summed E-state index contributed by atoms with van der Waals surface area (Å²) in [5.74, 6) is -0.313. The van der Waals surface area contributed by atoms with E-state index in [1.165, 1.54) is 16.7 Å². The Hall–Kier alpha value is -1.54. The molecule has 2 amide bonds. The number of nitrogens with two attached hydrogens (primary N) is 1. The summed E-state index contributed by atoms with van der Waals surface area (Å²) >= 11 is 3.59. The maximum atomic E-state index is 12.5. The molecule has 0 bridgehead atoms. The number of halogens is 1. The van der Waals surface area contributed by atoms with Crippen LogP contribution in [0, 0.1) is 3.57 Å². The second-order valence-corrected chi connectivity index (χ2v) is 7.45. The van der Waals surface area contributed by atoms with Crippen molar-refractivity contribution in [1.82, 2.24) is 0 Å². The van der Waals surface area contributed by atoms with Crippen molar-refractivity contribution in [3.05, 3.63) is 52.1 Å². The van der Waals surface area contributed by atoms with Gasteiger partial charge in [-0.05, 0) is 71.1 Å². The molecule has 0 spiro atoms. The lowest BCUT2D eigenvalue weighted by atomic mass is 10.3. The second-order valence-electron chi connectivity index (χ2n) is 4.92. The summed E-state index contributed by atoms with van der Waals surface area (Å²) < 4.78 is 1.06. The molecule has 0 aromatic heterocycles. The quantitative estimate of drug-likeness (QED) is 0.467. The fraction of sp³-hybridized carbons (Fsp3) is 0.125. The average molecular weight is 424 g/mol. The molecule has 1 aliphatic heterocycles. The van der Waals surface area contributed by atoms with Gasteiger partial charge < -0.3 is 5.73 Å². The van der Waals surface area contributed by atoms with Crippen molar-refractivity contribution in [3.8, 4) is 0 Å². The van der Waals surface area contributed by atoms with Crippen molar-refractivity contribution < 1.29 is 9.59 Å². The van der Waals surface area contributed by atoms with E-state index in [2.05, 4.69) is 22.6 Å². The van der Waals surface area contributed by atoms with Crippen LogP contribution in [0.5, 0.6) is 0 Å². The minimum atomic E-state index is -0.379. The Morgan fingerprint density at radius 2 is 1.68 bits per heavy atom. The highest BCUT2D eigenvalue weighted by atomic mass is 127. The molecule has 0 unspecified atom stereocenters. The smallest absolute Gasteiger partial charge is 0.247 e. The number of imide groups is 1. The third kappa shape index (κ3) is 3.12. The molecule has 2 aromatic carbocycles. The number of hydrogen-bond donors (Lipinski definition) is 1. The predicted molar refractivity (Wildman–Crippen MR) is 96.8 cm³/mol. The van der Waals surface area contributed by atoms with Crippen LogP contribution in [0.2, 0.25) is 0 Å². The van der Waals surface area contributed by atoms with Crippen molar-refractivity contribution >= 4 is 57.5 Å². The fourth-order valence-corrected chi connectivity index (χ4v) is 3.68. The van der Waals surface area contributed by atoms with Crippen LogP contribution in [-0.2, 0) is 9.59 Å². The molecule has 1 atom stereocenters. The van der Waals surface area contributed by atoms with E-state index in [4.69, 9.17) is 5.73 Å². The molecule has 0 radical (unpaired) electrons. The molecule has 1 fully saturated rings. The highest BCUT2D eigenvalue weighted by Gasteiger charge is 2.40. The van der Waals surface area contributed by atoms with Gasteiger partial charge in [-0.1, -0.05) is 0 Å². The number of nitrogen functional groups attached to an aromatic ring is 1. The zero-order valence-electron chi connectivity index (χ0n) is 11.5. The summed E-state index contributed by atoms with van der Waals surface area (Å²) in [7, 11) is 0. The van der Waals surface area contributed by atoms with Crippen molar-refractivity contribution in [2.75, 3.05) is 10.6 Å². The molecule has 22 heavy (non-hydrogen) atoms. The summed E-state index contributed by atoms with van der Waals surface area (Å²) in [5, 5.41) is -0.379. The second kappa shape index (κ2) is 6.29. The van der Waals surface area contributed by atoms with Crippen LogP contribution < -0.4 is 10.6 Å². The van der Waals surface area contributed by atoms with Crippen LogP contribution in [-0.4, -0.2) is 17.1 Å². The number of anilines is 2. The Labute approximate surface area is 146 Å². The van der Waals surface area contributed by atoms with Crippen molar-refractivity contribution in [1.29, 1.82) is 0 Å². The molecule has 2 N–H and O–H groups in total. The van der Waals surface area contributed by atoms with Crippen molar-refractivity contribution in [2.45, 2.75) is 16.6 Å². The zero-order valence-corrected chi connectivity index (χ0v) is 14.5. The van der Waals surface area contributed by atoms with E-state index in [-0.39, 0.29) is 23.5 Å². The van der Waals surface area contributed by atoms with Gasteiger partial charge in [0.25, 0.3) is 0 Å². The minimum Gasteiger partial charge on any atom is -0.399 e. The first-order chi connectivity index (χ1) is 10.5. The third-order valence-corrected chi connectivity index (χ3v) is 5.26. The highest BCUT2D eigenvalue weighted by Crippen LogP contribution is 2.34. The molecule has 112 valence electrons. The molecule has 0 aliphatic carbocycles. The Bertz CT molecular complexity index is 716. The van der Waals surface area contributed by atoms with Crippen LogP contribution in [0.15, 0.2) is 53.4 Å². The lowest BCUT2D eigenvalue weighted by molar-refractivity contribution is -0.121. The van der Waals surface area contributed by atoms with E-state index in [0.717, 1.165) is 8.47 Å². The molecular formula is C16H13IN2O2S. The van der Waals surface area contributed by atoms with Crippen LogP contribution in [0.1, 0.15) is 6.42 Å². The molecule has 4 nitrogen and oxygen atoms in total. The summed E-state index contributed by atoms with van der Waals surface area (Å²) in [4.78, 5) is 26.9. The number of benzene rings is 2. The van der Waals surface area contributed by atoms with Crippen LogP contribution in [0.3, 0.4) is 0 Å². The lowest BCUT2D eigenvalue weighted by Gasteiger charge is -2.15. The monoisotopic (exact) mass is 424 g/mol. The summed E-state index contributed by atoms with van der Waals surface area (Å²) in [5.41, 5.74) is 6.97. The van der Waals surface area contributed by atoms with Gasteiger partial charge >= 0.3 is 0 Å². The van der Waals surface area contributed by atoms with Gasteiger partial charge in [0.1, 0.15) is 0 Å². The number of amides is 2. The lowest BCUT2D eigenvalue weighted by Crippen LogP contribution is -2.31. The van der Waals surface area contributed by atoms with Crippen LogP contribution in [0.4, 0.5) is 11.4 Å². The Balaban J connectivity index is 1.79. The Kier molecular flexibility index (Phi) is 4.39.